The van der Waals surface area contributed by atoms with Crippen LogP contribution in [0.5, 0.6) is 17.2 Å². The zero-order valence-corrected chi connectivity index (χ0v) is 22.3. The molecule has 1 unspecified atom stereocenters. The molecule has 0 saturated carbocycles. The highest BCUT2D eigenvalue weighted by Crippen LogP contribution is 2.42. The van der Waals surface area contributed by atoms with Crippen molar-refractivity contribution in [3.8, 4) is 17.2 Å². The molecule has 0 aliphatic carbocycles. The summed E-state index contributed by atoms with van der Waals surface area (Å²) in [5, 5.41) is 9.07. The summed E-state index contributed by atoms with van der Waals surface area (Å²) in [5.74, 6) is 0.910. The second kappa shape index (κ2) is 10.7. The van der Waals surface area contributed by atoms with Crippen LogP contribution in [0.25, 0.3) is 10.9 Å². The van der Waals surface area contributed by atoms with E-state index in [9.17, 15) is 13.2 Å². The van der Waals surface area contributed by atoms with Gasteiger partial charge in [-0.25, -0.2) is 13.6 Å². The molecule has 1 aliphatic rings. The van der Waals surface area contributed by atoms with Gasteiger partial charge in [-0.05, 0) is 57.0 Å². The van der Waals surface area contributed by atoms with E-state index in [0.717, 1.165) is 18.7 Å². The highest BCUT2D eigenvalue weighted by molar-refractivity contribution is 7.89. The Kier molecular flexibility index (Phi) is 7.74. The molecule has 0 bridgehead atoms. The van der Waals surface area contributed by atoms with E-state index < -0.39 is 21.7 Å². The number of piperidine rings is 1. The topological polar surface area (TPSA) is 155 Å². The summed E-state index contributed by atoms with van der Waals surface area (Å²) >= 11 is 0. The van der Waals surface area contributed by atoms with E-state index in [0.29, 0.717) is 35.2 Å². The number of hydrogen-bond donors (Lipinski definition) is 3. The molecule has 3 aromatic rings. The number of nitrogens with zero attached hydrogens (tertiary/aromatic N) is 1. The van der Waals surface area contributed by atoms with Crippen molar-refractivity contribution in [1.82, 2.24) is 15.3 Å². The van der Waals surface area contributed by atoms with E-state index in [1.807, 2.05) is 6.92 Å². The summed E-state index contributed by atoms with van der Waals surface area (Å²) in [4.78, 5) is 20.8. The highest BCUT2D eigenvalue weighted by Gasteiger charge is 2.32. The second-order valence-electron chi connectivity index (χ2n) is 8.92. The first-order valence-corrected chi connectivity index (χ1v) is 13.4. The lowest BCUT2D eigenvalue weighted by atomic mass is 9.97. The Morgan fingerprint density at radius 2 is 1.73 bits per heavy atom. The number of sulfonamides is 1. The molecule has 1 aromatic heterocycles. The summed E-state index contributed by atoms with van der Waals surface area (Å²) in [6.45, 7) is 5.17. The highest BCUT2D eigenvalue weighted by atomic mass is 32.2. The smallest absolute Gasteiger partial charge is 0.284 e. The second-order valence-corrected chi connectivity index (χ2v) is 10.5. The fourth-order valence-corrected chi connectivity index (χ4v) is 5.53. The summed E-state index contributed by atoms with van der Waals surface area (Å²) < 4.78 is 48.1. The number of ether oxygens (including phenoxy) is 4. The van der Waals surface area contributed by atoms with Crippen LogP contribution in [0.3, 0.4) is 0 Å². The van der Waals surface area contributed by atoms with Gasteiger partial charge in [0.15, 0.2) is 11.5 Å². The minimum Gasteiger partial charge on any atom is -0.493 e. The van der Waals surface area contributed by atoms with Crippen LogP contribution in [0.1, 0.15) is 41.5 Å². The number of aromatic nitrogens is 2. The van der Waals surface area contributed by atoms with Crippen LogP contribution in [0.2, 0.25) is 0 Å². The van der Waals surface area contributed by atoms with Gasteiger partial charge in [-0.15, -0.1) is 0 Å². The van der Waals surface area contributed by atoms with E-state index in [-0.39, 0.29) is 33.7 Å². The van der Waals surface area contributed by atoms with Crippen molar-refractivity contribution >= 4 is 20.9 Å². The lowest BCUT2D eigenvalue weighted by Crippen LogP contribution is -2.34. The Balaban J connectivity index is 2.02. The third-order valence-corrected chi connectivity index (χ3v) is 7.68. The summed E-state index contributed by atoms with van der Waals surface area (Å²) in [7, 11) is 0.218. The molecule has 1 fully saturated rings. The van der Waals surface area contributed by atoms with E-state index >= 15 is 0 Å². The zero-order chi connectivity index (χ0) is 26.9. The molecule has 2 heterocycles. The fraction of sp³-hybridized carbons (Fsp3) is 0.440. The number of hydrogen-bond acceptors (Lipinski definition) is 9. The van der Waals surface area contributed by atoms with Gasteiger partial charge < -0.3 is 29.2 Å². The normalized spacial score (nSPS) is 15.5. The number of primary sulfonamides is 1. The number of benzene rings is 2. The van der Waals surface area contributed by atoms with Crippen LogP contribution in [-0.4, -0.2) is 58.9 Å². The Hall–Kier alpha value is -3.19. The molecule has 2 aromatic carbocycles. The number of fused-ring (bicyclic) bond motifs is 1. The molecule has 4 rings (SSSR count). The molecule has 1 atom stereocenters. The number of methoxy groups -OCH3 is 3. The molecule has 1 saturated heterocycles. The standard InChI is InChI=1S/C25H32N4O7S/c1-13-6-7-18(37(26,31)32)19(14(13)2)23(36-15-8-10-27-11-9-15)24-28-16-12-17(33-3)21(34-4)22(35-5)20(16)25(30)29-24/h6-7,12,15,23,27H,8-11H2,1-5H3,(H2,26,31,32)(H,28,29,30). The van der Waals surface area contributed by atoms with Crippen LogP contribution in [0.15, 0.2) is 27.9 Å². The van der Waals surface area contributed by atoms with Gasteiger partial charge in [0.25, 0.3) is 5.56 Å². The predicted molar refractivity (Wildman–Crippen MR) is 138 cm³/mol. The third kappa shape index (κ3) is 5.14. The average molecular weight is 533 g/mol. The first kappa shape index (κ1) is 26.9. The molecule has 0 radical (unpaired) electrons. The molecule has 37 heavy (non-hydrogen) atoms. The molecular formula is C25H32N4O7S. The van der Waals surface area contributed by atoms with Gasteiger partial charge in [-0.1, -0.05) is 6.07 Å². The minimum atomic E-state index is -4.12. The SMILES string of the molecule is COc1cc2[nH]c(C(OC3CCNCC3)c3c(S(N)(=O)=O)ccc(C)c3C)nc(=O)c2c(OC)c1OC. The molecule has 0 amide bonds. The van der Waals surface area contributed by atoms with Crippen LogP contribution in [-0.2, 0) is 14.8 Å². The molecule has 12 heteroatoms. The van der Waals surface area contributed by atoms with Crippen molar-refractivity contribution in [2.45, 2.75) is 43.8 Å². The first-order chi connectivity index (χ1) is 17.6. The third-order valence-electron chi connectivity index (χ3n) is 6.71. The largest absolute Gasteiger partial charge is 0.493 e. The van der Waals surface area contributed by atoms with Crippen LogP contribution >= 0.6 is 0 Å². The fourth-order valence-electron chi connectivity index (χ4n) is 4.70. The van der Waals surface area contributed by atoms with E-state index in [2.05, 4.69) is 15.3 Å². The molecule has 0 spiro atoms. The number of nitrogens with one attached hydrogen (secondary N) is 2. The minimum absolute atomic E-state index is 0.0813. The van der Waals surface area contributed by atoms with Gasteiger partial charge in [0.2, 0.25) is 15.8 Å². The molecule has 200 valence electrons. The van der Waals surface area contributed by atoms with Crippen LogP contribution < -0.4 is 30.2 Å². The quantitative estimate of drug-likeness (QED) is 0.395. The Labute approximate surface area is 215 Å². The monoisotopic (exact) mass is 532 g/mol. The van der Waals surface area contributed by atoms with E-state index in [1.165, 1.54) is 27.4 Å². The van der Waals surface area contributed by atoms with Crippen molar-refractivity contribution < 1.29 is 27.4 Å². The molecular weight excluding hydrogens is 500 g/mol. The molecule has 4 N–H and O–H groups in total. The lowest BCUT2D eigenvalue weighted by Gasteiger charge is -2.30. The number of aryl methyl sites for hydroxylation is 1. The van der Waals surface area contributed by atoms with Crippen molar-refractivity contribution in [1.29, 1.82) is 0 Å². The first-order valence-electron chi connectivity index (χ1n) is 11.8. The maximum Gasteiger partial charge on any atom is 0.284 e. The lowest BCUT2D eigenvalue weighted by molar-refractivity contribution is -0.0134. The van der Waals surface area contributed by atoms with Gasteiger partial charge in [-0.3, -0.25) is 4.79 Å². The van der Waals surface area contributed by atoms with Gasteiger partial charge >= 0.3 is 0 Å². The zero-order valence-electron chi connectivity index (χ0n) is 21.5. The van der Waals surface area contributed by atoms with Gasteiger partial charge in [-0.2, -0.15) is 4.98 Å². The van der Waals surface area contributed by atoms with Gasteiger partial charge in [0.05, 0.1) is 37.8 Å². The summed E-state index contributed by atoms with van der Waals surface area (Å²) in [6, 6.07) is 4.76. The Morgan fingerprint density at radius 3 is 2.32 bits per heavy atom. The van der Waals surface area contributed by atoms with E-state index in [4.69, 9.17) is 24.1 Å². The molecule has 11 nitrogen and oxygen atoms in total. The van der Waals surface area contributed by atoms with E-state index in [1.54, 1.807) is 19.1 Å². The van der Waals surface area contributed by atoms with Crippen molar-refractivity contribution in [3.63, 3.8) is 0 Å². The Bertz CT molecular complexity index is 1480. The average Bonchev–Trinajstić information content (AvgIpc) is 2.87. The van der Waals surface area contributed by atoms with Crippen LogP contribution in [0.4, 0.5) is 0 Å². The summed E-state index contributed by atoms with van der Waals surface area (Å²) in [6.07, 6.45) is 0.221. The molecule has 1 aliphatic heterocycles. The maximum absolute atomic E-state index is 13.4. The number of rotatable bonds is 8. The van der Waals surface area contributed by atoms with Crippen LogP contribution in [0, 0.1) is 13.8 Å². The van der Waals surface area contributed by atoms with Crippen molar-refractivity contribution in [3.05, 3.63) is 51.1 Å². The van der Waals surface area contributed by atoms with Crippen molar-refractivity contribution in [2.24, 2.45) is 5.14 Å². The number of H-pyrrole nitrogens is 1. The maximum atomic E-state index is 13.4. The Morgan fingerprint density at radius 1 is 1.05 bits per heavy atom. The number of nitrogens with two attached hydrogens (primary N) is 1. The number of aromatic amines is 1. The van der Waals surface area contributed by atoms with Crippen molar-refractivity contribution in [2.75, 3.05) is 34.4 Å². The van der Waals surface area contributed by atoms with Gasteiger partial charge in [0.1, 0.15) is 17.3 Å². The predicted octanol–water partition coefficient (Wildman–Crippen LogP) is 2.07. The summed E-state index contributed by atoms with van der Waals surface area (Å²) in [5.41, 5.74) is 1.64. The van der Waals surface area contributed by atoms with Gasteiger partial charge in [0, 0.05) is 11.6 Å².